The number of carbonyl (C=O) groups is 1. The molecule has 0 saturated heterocycles. The van der Waals surface area contributed by atoms with Crippen molar-refractivity contribution in [2.45, 2.75) is 25.9 Å². The van der Waals surface area contributed by atoms with E-state index in [-0.39, 0.29) is 5.91 Å². The predicted octanol–water partition coefficient (Wildman–Crippen LogP) is 2.34. The van der Waals surface area contributed by atoms with E-state index in [1.54, 1.807) is 16.7 Å². The first-order valence-electron chi connectivity index (χ1n) is 6.98. The van der Waals surface area contributed by atoms with Crippen LogP contribution in [-0.2, 0) is 19.5 Å². The van der Waals surface area contributed by atoms with Gasteiger partial charge in [-0.2, -0.15) is 11.3 Å². The molecule has 0 spiro atoms. The number of aryl methyl sites for hydroxylation is 1. The lowest BCUT2D eigenvalue weighted by atomic mass is 10.3. The summed E-state index contributed by atoms with van der Waals surface area (Å²) in [5.74, 6) is 1.65. The van der Waals surface area contributed by atoms with E-state index in [0.29, 0.717) is 12.2 Å². The van der Waals surface area contributed by atoms with Gasteiger partial charge in [0.25, 0.3) is 5.91 Å². The Morgan fingerprint density at radius 1 is 1.36 bits per heavy atom. The van der Waals surface area contributed by atoms with Crippen molar-refractivity contribution in [3.05, 3.63) is 39.5 Å². The van der Waals surface area contributed by atoms with Crippen molar-refractivity contribution in [2.75, 3.05) is 0 Å². The van der Waals surface area contributed by atoms with Crippen LogP contribution in [0.1, 0.15) is 28.6 Å². The summed E-state index contributed by atoms with van der Waals surface area (Å²) < 4.78 is 2.08. The second-order valence-corrected chi connectivity index (χ2v) is 6.66. The van der Waals surface area contributed by atoms with Crippen molar-refractivity contribution in [3.8, 4) is 10.6 Å². The van der Waals surface area contributed by atoms with Crippen molar-refractivity contribution >= 4 is 28.6 Å². The van der Waals surface area contributed by atoms with Crippen molar-refractivity contribution in [2.24, 2.45) is 0 Å². The fourth-order valence-electron chi connectivity index (χ4n) is 2.49. The number of thiophene rings is 1. The number of carbonyl (C=O) groups excluding carboxylic acids is 1. The zero-order chi connectivity index (χ0) is 14.9. The molecular formula is C14H13N5OS2. The molecule has 1 N–H and O–H groups in total. The third-order valence-corrected chi connectivity index (χ3v) is 5.17. The Hall–Kier alpha value is -2.06. The number of nitrogens with one attached hydrogen (secondary N) is 1. The number of amides is 1. The molecule has 0 radical (unpaired) electrons. The second kappa shape index (κ2) is 5.62. The van der Waals surface area contributed by atoms with E-state index in [0.717, 1.165) is 41.6 Å². The number of thiazole rings is 1. The lowest BCUT2D eigenvalue weighted by Crippen LogP contribution is -2.25. The summed E-state index contributed by atoms with van der Waals surface area (Å²) >= 11 is 3.10. The van der Waals surface area contributed by atoms with Crippen LogP contribution in [0, 0.1) is 0 Å². The van der Waals surface area contributed by atoms with Gasteiger partial charge in [-0.15, -0.1) is 21.5 Å². The van der Waals surface area contributed by atoms with Crippen LogP contribution in [-0.4, -0.2) is 25.7 Å². The standard InChI is InChI=1S/C14H13N5OS2/c20-13(10-8-22-14(16-10)9-3-5-21-7-9)15-6-12-18-17-11-2-1-4-19(11)12/h3,5,7-8H,1-2,4,6H2,(H,15,20). The topological polar surface area (TPSA) is 72.7 Å². The molecule has 112 valence electrons. The minimum Gasteiger partial charge on any atom is -0.343 e. The normalized spacial score (nSPS) is 13.3. The van der Waals surface area contributed by atoms with Gasteiger partial charge in [-0.1, -0.05) is 0 Å². The molecule has 4 heterocycles. The van der Waals surface area contributed by atoms with Gasteiger partial charge in [0.05, 0.1) is 6.54 Å². The maximum absolute atomic E-state index is 12.2. The zero-order valence-corrected chi connectivity index (χ0v) is 13.3. The van der Waals surface area contributed by atoms with Gasteiger partial charge < -0.3 is 9.88 Å². The molecule has 0 fully saturated rings. The van der Waals surface area contributed by atoms with E-state index in [2.05, 4.69) is 25.1 Å². The third kappa shape index (κ3) is 2.44. The van der Waals surface area contributed by atoms with E-state index in [1.165, 1.54) is 11.3 Å². The van der Waals surface area contributed by atoms with Gasteiger partial charge in [0.2, 0.25) is 0 Å². The van der Waals surface area contributed by atoms with Crippen LogP contribution < -0.4 is 5.32 Å². The van der Waals surface area contributed by atoms with Gasteiger partial charge in [-0.25, -0.2) is 4.98 Å². The Bertz CT molecular complexity index is 805. The zero-order valence-electron chi connectivity index (χ0n) is 11.7. The van der Waals surface area contributed by atoms with Gasteiger partial charge in [-0.3, -0.25) is 4.79 Å². The van der Waals surface area contributed by atoms with Crippen LogP contribution in [0.25, 0.3) is 10.6 Å². The van der Waals surface area contributed by atoms with Crippen LogP contribution in [0.4, 0.5) is 0 Å². The fourth-order valence-corrected chi connectivity index (χ4v) is 4.00. The number of hydrogen-bond donors (Lipinski definition) is 1. The molecule has 8 heteroatoms. The molecule has 1 amide bonds. The number of rotatable bonds is 4. The highest BCUT2D eigenvalue weighted by Gasteiger charge is 2.18. The minimum atomic E-state index is -0.173. The maximum atomic E-state index is 12.2. The Kier molecular flexibility index (Phi) is 3.47. The van der Waals surface area contributed by atoms with Gasteiger partial charge in [0.1, 0.15) is 16.5 Å². The summed E-state index contributed by atoms with van der Waals surface area (Å²) in [6.07, 6.45) is 2.07. The first kappa shape index (κ1) is 13.6. The van der Waals surface area contributed by atoms with Crippen molar-refractivity contribution < 1.29 is 4.79 Å². The van der Waals surface area contributed by atoms with Crippen LogP contribution in [0.5, 0.6) is 0 Å². The number of nitrogens with zero attached hydrogens (tertiary/aromatic N) is 4. The largest absolute Gasteiger partial charge is 0.343 e. The first-order valence-corrected chi connectivity index (χ1v) is 8.81. The Morgan fingerprint density at radius 2 is 2.32 bits per heavy atom. The minimum absolute atomic E-state index is 0.173. The summed E-state index contributed by atoms with van der Waals surface area (Å²) in [6.45, 7) is 1.32. The Balaban J connectivity index is 1.44. The summed E-state index contributed by atoms with van der Waals surface area (Å²) in [6, 6.07) is 2.00. The summed E-state index contributed by atoms with van der Waals surface area (Å²) in [4.78, 5) is 16.6. The molecule has 0 atom stereocenters. The lowest BCUT2D eigenvalue weighted by Gasteiger charge is -2.04. The van der Waals surface area contributed by atoms with Crippen LogP contribution in [0.15, 0.2) is 22.2 Å². The summed E-state index contributed by atoms with van der Waals surface area (Å²) in [5.41, 5.74) is 1.51. The smallest absolute Gasteiger partial charge is 0.271 e. The molecule has 0 unspecified atom stereocenters. The molecule has 0 aliphatic carbocycles. The predicted molar refractivity (Wildman–Crippen MR) is 84.9 cm³/mol. The highest BCUT2D eigenvalue weighted by atomic mass is 32.1. The maximum Gasteiger partial charge on any atom is 0.271 e. The van der Waals surface area contributed by atoms with E-state index >= 15 is 0 Å². The molecule has 6 nitrogen and oxygen atoms in total. The highest BCUT2D eigenvalue weighted by Crippen LogP contribution is 2.25. The molecular weight excluding hydrogens is 318 g/mol. The molecule has 1 aliphatic heterocycles. The Morgan fingerprint density at radius 3 is 3.18 bits per heavy atom. The van der Waals surface area contributed by atoms with E-state index in [1.807, 2.05) is 16.8 Å². The molecule has 0 bridgehead atoms. The monoisotopic (exact) mass is 331 g/mol. The van der Waals surface area contributed by atoms with Crippen LogP contribution in [0.2, 0.25) is 0 Å². The number of fused-ring (bicyclic) bond motifs is 1. The van der Waals surface area contributed by atoms with Gasteiger partial charge in [0, 0.05) is 29.3 Å². The van der Waals surface area contributed by atoms with E-state index in [9.17, 15) is 4.79 Å². The van der Waals surface area contributed by atoms with Crippen molar-refractivity contribution in [1.82, 2.24) is 25.1 Å². The molecule has 3 aromatic rings. The molecule has 1 aliphatic rings. The first-order chi connectivity index (χ1) is 10.8. The highest BCUT2D eigenvalue weighted by molar-refractivity contribution is 7.14. The fraction of sp³-hybridized carbons (Fsp3) is 0.286. The molecule has 0 saturated carbocycles. The molecule has 4 rings (SSSR count). The van der Waals surface area contributed by atoms with Gasteiger partial charge >= 0.3 is 0 Å². The quantitative estimate of drug-likeness (QED) is 0.796. The average Bonchev–Trinajstić information content (AvgIpc) is 3.28. The molecule has 3 aromatic heterocycles. The number of hydrogen-bond acceptors (Lipinski definition) is 6. The third-order valence-electron chi connectivity index (χ3n) is 3.60. The van der Waals surface area contributed by atoms with Crippen molar-refractivity contribution in [3.63, 3.8) is 0 Å². The molecule has 0 aromatic carbocycles. The molecule has 22 heavy (non-hydrogen) atoms. The summed E-state index contributed by atoms with van der Waals surface area (Å²) in [7, 11) is 0. The number of aromatic nitrogens is 4. The van der Waals surface area contributed by atoms with Crippen LogP contribution in [0.3, 0.4) is 0 Å². The SMILES string of the molecule is O=C(NCc1nnc2n1CCC2)c1csc(-c2ccsc2)n1. The van der Waals surface area contributed by atoms with Crippen LogP contribution >= 0.6 is 22.7 Å². The second-order valence-electron chi connectivity index (χ2n) is 5.02. The summed E-state index contributed by atoms with van der Waals surface area (Å²) in [5, 5.41) is 17.8. The van der Waals surface area contributed by atoms with Gasteiger partial charge in [0.15, 0.2) is 5.82 Å². The average molecular weight is 331 g/mol. The Labute approximate surface area is 134 Å². The lowest BCUT2D eigenvalue weighted by molar-refractivity contribution is 0.0945. The van der Waals surface area contributed by atoms with E-state index < -0.39 is 0 Å². The van der Waals surface area contributed by atoms with E-state index in [4.69, 9.17) is 0 Å². The van der Waals surface area contributed by atoms with Crippen molar-refractivity contribution in [1.29, 1.82) is 0 Å². The van der Waals surface area contributed by atoms with Gasteiger partial charge in [-0.05, 0) is 17.9 Å².